The van der Waals surface area contributed by atoms with E-state index in [9.17, 15) is 4.79 Å². The second-order valence-electron chi connectivity index (χ2n) is 4.47. The number of rotatable bonds is 6. The Morgan fingerprint density at radius 3 is 3.09 bits per heavy atom. The highest BCUT2D eigenvalue weighted by molar-refractivity contribution is 7.98. The summed E-state index contributed by atoms with van der Waals surface area (Å²) in [4.78, 5) is 16.4. The van der Waals surface area contributed by atoms with Gasteiger partial charge in [0.05, 0.1) is 16.8 Å². The van der Waals surface area contributed by atoms with Crippen molar-refractivity contribution in [3.05, 3.63) is 35.4 Å². The van der Waals surface area contributed by atoms with Crippen LogP contribution >= 0.6 is 23.1 Å². The summed E-state index contributed by atoms with van der Waals surface area (Å²) in [6.07, 6.45) is 1.71. The molecule has 2 N–H and O–H groups in total. The highest BCUT2D eigenvalue weighted by Crippen LogP contribution is 2.27. The van der Waals surface area contributed by atoms with Gasteiger partial charge in [0.2, 0.25) is 11.8 Å². The molecule has 0 aliphatic heterocycles. The van der Waals surface area contributed by atoms with Gasteiger partial charge in [-0.15, -0.1) is 21.5 Å². The number of hydrogen-bond acceptors (Lipinski definition) is 7. The predicted molar refractivity (Wildman–Crippen MR) is 83.3 cm³/mol. The van der Waals surface area contributed by atoms with Gasteiger partial charge in [-0.1, -0.05) is 17.8 Å². The minimum absolute atomic E-state index is 0.0627. The largest absolute Gasteiger partial charge is 0.439 e. The topological polar surface area (TPSA) is 99.8 Å². The van der Waals surface area contributed by atoms with Crippen molar-refractivity contribution >= 4 is 29.0 Å². The minimum Gasteiger partial charge on any atom is -0.439 e. The number of nitrogens with zero attached hydrogens (tertiary/aromatic N) is 4. The van der Waals surface area contributed by atoms with Crippen molar-refractivity contribution in [2.75, 3.05) is 0 Å². The van der Waals surface area contributed by atoms with E-state index >= 15 is 0 Å². The van der Waals surface area contributed by atoms with Gasteiger partial charge in [-0.05, 0) is 18.4 Å². The van der Waals surface area contributed by atoms with E-state index in [0.717, 1.165) is 10.6 Å². The van der Waals surface area contributed by atoms with Crippen LogP contribution in [0.4, 0.5) is 0 Å². The Morgan fingerprint density at radius 1 is 1.50 bits per heavy atom. The summed E-state index contributed by atoms with van der Waals surface area (Å²) in [7, 11) is 0. The number of thiophene rings is 1. The number of carbonyl (C=O) groups excluding carboxylic acids is 1. The zero-order valence-electron chi connectivity index (χ0n) is 11.7. The third-order valence-electron chi connectivity index (χ3n) is 2.86. The molecule has 0 aromatic carbocycles. The monoisotopic (exact) mass is 335 g/mol. The molecule has 114 valence electrons. The number of nitrogens with two attached hydrogens (primary N) is 1. The number of amides is 1. The van der Waals surface area contributed by atoms with Crippen molar-refractivity contribution in [1.82, 2.24) is 19.7 Å². The first kappa shape index (κ1) is 14.8. The average Bonchev–Trinajstić information content (AvgIpc) is 3.19. The van der Waals surface area contributed by atoms with Crippen LogP contribution in [-0.2, 0) is 17.1 Å². The van der Waals surface area contributed by atoms with Crippen LogP contribution in [0.15, 0.2) is 33.3 Å². The SMILES string of the molecule is Cc1nnc(SCc2ncc(-c3cccs3)o2)n1CC(N)=O. The zero-order chi connectivity index (χ0) is 15.5. The van der Waals surface area contributed by atoms with E-state index in [1.807, 2.05) is 17.5 Å². The molecular weight excluding hydrogens is 322 g/mol. The van der Waals surface area contributed by atoms with Crippen molar-refractivity contribution in [3.8, 4) is 10.6 Å². The van der Waals surface area contributed by atoms with E-state index in [4.69, 9.17) is 10.2 Å². The summed E-state index contributed by atoms with van der Waals surface area (Å²) in [5.74, 6) is 2.07. The van der Waals surface area contributed by atoms with E-state index in [1.54, 1.807) is 29.0 Å². The highest BCUT2D eigenvalue weighted by Gasteiger charge is 2.13. The Morgan fingerprint density at radius 2 is 2.36 bits per heavy atom. The Labute approximate surface area is 134 Å². The van der Waals surface area contributed by atoms with Crippen LogP contribution in [0, 0.1) is 6.92 Å². The lowest BCUT2D eigenvalue weighted by atomic mass is 10.4. The molecule has 22 heavy (non-hydrogen) atoms. The molecule has 0 bridgehead atoms. The molecular formula is C13H13N5O2S2. The van der Waals surface area contributed by atoms with Crippen LogP contribution in [0.25, 0.3) is 10.6 Å². The molecule has 0 unspecified atom stereocenters. The standard InChI is InChI=1S/C13H13N5O2S2/c1-8-16-17-13(18(8)6-11(14)19)22-7-12-15-5-9(20-12)10-3-2-4-21-10/h2-5H,6-7H2,1H3,(H2,14,19). The van der Waals surface area contributed by atoms with Crippen LogP contribution in [-0.4, -0.2) is 25.7 Å². The second-order valence-corrected chi connectivity index (χ2v) is 6.36. The first-order valence-corrected chi connectivity index (χ1v) is 8.29. The number of thioether (sulfide) groups is 1. The molecule has 0 fully saturated rings. The van der Waals surface area contributed by atoms with Crippen molar-refractivity contribution in [1.29, 1.82) is 0 Å². The van der Waals surface area contributed by atoms with Gasteiger partial charge in [-0.2, -0.15) is 0 Å². The van der Waals surface area contributed by atoms with Gasteiger partial charge in [0.15, 0.2) is 10.9 Å². The van der Waals surface area contributed by atoms with Gasteiger partial charge in [0.1, 0.15) is 12.4 Å². The molecule has 0 radical (unpaired) electrons. The third kappa shape index (κ3) is 3.20. The number of carbonyl (C=O) groups is 1. The lowest BCUT2D eigenvalue weighted by Crippen LogP contribution is -2.20. The maximum Gasteiger partial charge on any atom is 0.237 e. The first-order chi connectivity index (χ1) is 10.6. The van der Waals surface area contributed by atoms with E-state index in [1.165, 1.54) is 11.8 Å². The number of primary amides is 1. The summed E-state index contributed by atoms with van der Waals surface area (Å²) < 4.78 is 7.38. The number of oxazole rings is 1. The van der Waals surface area contributed by atoms with E-state index in [2.05, 4.69) is 15.2 Å². The maximum atomic E-state index is 11.1. The van der Waals surface area contributed by atoms with Gasteiger partial charge in [-0.25, -0.2) is 4.98 Å². The summed E-state index contributed by atoms with van der Waals surface area (Å²) >= 11 is 3.00. The van der Waals surface area contributed by atoms with Crippen molar-refractivity contribution in [3.63, 3.8) is 0 Å². The Hall–Kier alpha value is -2.13. The van der Waals surface area contributed by atoms with Gasteiger partial charge in [-0.3, -0.25) is 9.36 Å². The molecule has 0 saturated heterocycles. The quantitative estimate of drug-likeness (QED) is 0.692. The molecule has 0 aliphatic rings. The van der Waals surface area contributed by atoms with E-state index < -0.39 is 5.91 Å². The summed E-state index contributed by atoms with van der Waals surface area (Å²) in [5.41, 5.74) is 5.23. The van der Waals surface area contributed by atoms with Crippen LogP contribution in [0.5, 0.6) is 0 Å². The summed E-state index contributed by atoms with van der Waals surface area (Å²) in [5, 5.41) is 10.6. The van der Waals surface area contributed by atoms with E-state index in [0.29, 0.717) is 22.6 Å². The number of hydrogen-bond donors (Lipinski definition) is 1. The minimum atomic E-state index is -0.430. The smallest absolute Gasteiger partial charge is 0.237 e. The molecule has 3 rings (SSSR count). The fourth-order valence-corrected chi connectivity index (χ4v) is 3.35. The third-order valence-corrected chi connectivity index (χ3v) is 4.69. The Balaban J connectivity index is 1.69. The van der Waals surface area contributed by atoms with Crippen molar-refractivity contribution < 1.29 is 9.21 Å². The Bertz CT molecular complexity index is 778. The van der Waals surface area contributed by atoms with Crippen LogP contribution in [0.2, 0.25) is 0 Å². The molecule has 0 aliphatic carbocycles. The van der Waals surface area contributed by atoms with Crippen LogP contribution in [0.1, 0.15) is 11.7 Å². The number of aryl methyl sites for hydroxylation is 1. The second kappa shape index (κ2) is 6.32. The fourth-order valence-electron chi connectivity index (χ4n) is 1.84. The van der Waals surface area contributed by atoms with Crippen LogP contribution < -0.4 is 5.73 Å². The zero-order valence-corrected chi connectivity index (χ0v) is 13.4. The van der Waals surface area contributed by atoms with Gasteiger partial charge in [0, 0.05) is 0 Å². The van der Waals surface area contributed by atoms with Crippen LogP contribution in [0.3, 0.4) is 0 Å². The van der Waals surface area contributed by atoms with E-state index in [-0.39, 0.29) is 6.54 Å². The molecule has 0 saturated carbocycles. The average molecular weight is 335 g/mol. The molecule has 3 aromatic heterocycles. The van der Waals surface area contributed by atoms with Crippen molar-refractivity contribution in [2.24, 2.45) is 5.73 Å². The maximum absolute atomic E-state index is 11.1. The molecule has 7 nitrogen and oxygen atoms in total. The first-order valence-electron chi connectivity index (χ1n) is 6.43. The normalized spacial score (nSPS) is 11.0. The highest BCUT2D eigenvalue weighted by atomic mass is 32.2. The molecule has 3 heterocycles. The lowest BCUT2D eigenvalue weighted by Gasteiger charge is -2.04. The lowest BCUT2D eigenvalue weighted by molar-refractivity contribution is -0.118. The van der Waals surface area contributed by atoms with Gasteiger partial charge >= 0.3 is 0 Å². The summed E-state index contributed by atoms with van der Waals surface area (Å²) in [6.45, 7) is 1.84. The number of aromatic nitrogens is 4. The van der Waals surface area contributed by atoms with Gasteiger partial charge in [0.25, 0.3) is 0 Å². The molecule has 1 amide bonds. The summed E-state index contributed by atoms with van der Waals surface area (Å²) in [6, 6.07) is 3.95. The fraction of sp³-hybridized carbons (Fsp3) is 0.231. The molecule has 3 aromatic rings. The predicted octanol–water partition coefficient (Wildman–Crippen LogP) is 2.08. The molecule has 0 atom stereocenters. The molecule has 9 heteroatoms. The molecule has 0 spiro atoms. The van der Waals surface area contributed by atoms with Gasteiger partial charge < -0.3 is 10.2 Å². The Kier molecular flexibility index (Phi) is 4.25. The van der Waals surface area contributed by atoms with Crippen molar-refractivity contribution in [2.45, 2.75) is 24.4 Å².